The Bertz CT molecular complexity index is 1160. The molecule has 0 aromatic heterocycles. The molecule has 0 spiro atoms. The van der Waals surface area contributed by atoms with E-state index in [1.54, 1.807) is 25.1 Å². The van der Waals surface area contributed by atoms with E-state index in [9.17, 15) is 40.5 Å². The summed E-state index contributed by atoms with van der Waals surface area (Å²) in [7, 11) is 0. The molecule has 200 valence electrons. The average Bonchev–Trinajstić information content (AvgIpc) is 2.88. The van der Waals surface area contributed by atoms with E-state index in [0.717, 1.165) is 0 Å². The number of aliphatic hydroxyl groups is 5. The third-order valence-corrected chi connectivity index (χ3v) is 6.49. The number of phenols is 2. The van der Waals surface area contributed by atoms with Gasteiger partial charge in [-0.05, 0) is 31.0 Å². The predicted molar refractivity (Wildman–Crippen MR) is 127 cm³/mol. The highest BCUT2D eigenvalue weighted by Crippen LogP contribution is 2.46. The van der Waals surface area contributed by atoms with Crippen LogP contribution in [0.25, 0.3) is 0 Å². The summed E-state index contributed by atoms with van der Waals surface area (Å²) in [5, 5.41) is 69.9. The number of aromatic hydroxyl groups is 2. The number of hydrogen-bond donors (Lipinski definition) is 7. The molecule has 2 aromatic rings. The van der Waals surface area contributed by atoms with E-state index < -0.39 is 49.2 Å². The molecule has 2 heterocycles. The third kappa shape index (κ3) is 5.42. The summed E-state index contributed by atoms with van der Waals surface area (Å²) in [5.74, 6) is -0.780. The Morgan fingerprint density at radius 1 is 1.08 bits per heavy atom. The second kappa shape index (κ2) is 11.1. The first kappa shape index (κ1) is 26.9. The Balaban J connectivity index is 1.77. The lowest BCUT2D eigenvalue weighted by atomic mass is 9.92. The Kier molecular flexibility index (Phi) is 8.02. The van der Waals surface area contributed by atoms with Crippen LogP contribution in [0.3, 0.4) is 0 Å². The zero-order valence-corrected chi connectivity index (χ0v) is 20.0. The van der Waals surface area contributed by atoms with Gasteiger partial charge in [0.15, 0.2) is 5.78 Å². The molecule has 37 heavy (non-hydrogen) atoms. The number of Topliss-reactive ketones (excluding diaryl/α,β-unsaturated/α-hetero) is 1. The van der Waals surface area contributed by atoms with Gasteiger partial charge in [0, 0.05) is 11.6 Å². The van der Waals surface area contributed by atoms with Crippen LogP contribution in [0.1, 0.15) is 40.9 Å². The van der Waals surface area contributed by atoms with Crippen molar-refractivity contribution in [1.29, 1.82) is 0 Å². The number of fused-ring (bicyclic) bond motifs is 1. The molecule has 11 heteroatoms. The van der Waals surface area contributed by atoms with Crippen molar-refractivity contribution in [1.82, 2.24) is 0 Å². The number of carbonyl (C=O) groups is 1. The van der Waals surface area contributed by atoms with Crippen LogP contribution in [0, 0.1) is 0 Å². The lowest BCUT2D eigenvalue weighted by molar-refractivity contribution is -0.277. The summed E-state index contributed by atoms with van der Waals surface area (Å²) in [6.45, 7) is 0.812. The minimum atomic E-state index is -1.70. The van der Waals surface area contributed by atoms with Crippen LogP contribution in [-0.4, -0.2) is 85.4 Å². The molecule has 1 fully saturated rings. The second-order valence-corrected chi connectivity index (χ2v) is 9.13. The van der Waals surface area contributed by atoms with Gasteiger partial charge in [0.2, 0.25) is 6.29 Å². The first-order chi connectivity index (χ1) is 17.6. The maximum absolute atomic E-state index is 13.1. The van der Waals surface area contributed by atoms with Crippen molar-refractivity contribution < 1.29 is 54.8 Å². The fraction of sp³-hybridized carbons (Fsp3) is 0.423. The van der Waals surface area contributed by atoms with Gasteiger partial charge in [0.05, 0.1) is 19.6 Å². The maximum Gasteiger partial charge on any atom is 0.229 e. The molecule has 1 saturated heterocycles. The van der Waals surface area contributed by atoms with E-state index in [4.69, 9.17) is 14.2 Å². The first-order valence-electron chi connectivity index (χ1n) is 11.8. The Labute approximate surface area is 212 Å². The summed E-state index contributed by atoms with van der Waals surface area (Å²) < 4.78 is 17.4. The summed E-state index contributed by atoms with van der Waals surface area (Å²) >= 11 is 0. The maximum atomic E-state index is 13.1. The van der Waals surface area contributed by atoms with E-state index in [-0.39, 0.29) is 48.0 Å². The second-order valence-electron chi connectivity index (χ2n) is 9.13. The topological polar surface area (TPSA) is 186 Å². The smallest absolute Gasteiger partial charge is 0.229 e. The van der Waals surface area contributed by atoms with Crippen LogP contribution in [0.15, 0.2) is 42.0 Å². The Hall–Kier alpha value is -3.19. The molecule has 2 aliphatic heterocycles. The van der Waals surface area contributed by atoms with Crippen LogP contribution in [0.2, 0.25) is 0 Å². The molecule has 0 saturated carbocycles. The van der Waals surface area contributed by atoms with Crippen LogP contribution in [0.5, 0.6) is 23.0 Å². The first-order valence-corrected chi connectivity index (χ1v) is 11.8. The zero-order chi connectivity index (χ0) is 26.9. The minimum absolute atomic E-state index is 0.0379. The molecule has 0 bridgehead atoms. The molecule has 0 radical (unpaired) electrons. The summed E-state index contributed by atoms with van der Waals surface area (Å²) in [5.41, 5.74) is 1.47. The quantitative estimate of drug-likeness (QED) is 0.253. The predicted octanol–water partition coefficient (Wildman–Crippen LogP) is 0.464. The van der Waals surface area contributed by atoms with Crippen molar-refractivity contribution in [2.24, 2.45) is 0 Å². The average molecular weight is 519 g/mol. The van der Waals surface area contributed by atoms with E-state index in [1.807, 2.05) is 0 Å². The molecule has 4 rings (SSSR count). The highest BCUT2D eigenvalue weighted by atomic mass is 16.7. The van der Waals surface area contributed by atoms with Crippen molar-refractivity contribution in [2.45, 2.75) is 56.6 Å². The number of ketones is 1. The molecule has 0 aliphatic carbocycles. The van der Waals surface area contributed by atoms with Gasteiger partial charge in [-0.15, -0.1) is 0 Å². The van der Waals surface area contributed by atoms with E-state index in [0.29, 0.717) is 16.7 Å². The standard InChI is InChI=1S/C26H30O11/c1-12(10-27)2-7-15-19(36-26-24(34)23(33)22(32)20(11-28)37-26)9-17(31)21-16(30)8-18(35-25(15)21)13-3-5-14(29)6-4-13/h2-6,9,18,20,22-24,26-29,31-34H,7-8,10-11H2,1H3/t18-,20+,22+,23-,24+,26+/m0/s1. The minimum Gasteiger partial charge on any atom is -0.508 e. The van der Waals surface area contributed by atoms with Gasteiger partial charge in [-0.2, -0.15) is 0 Å². The van der Waals surface area contributed by atoms with Crippen molar-refractivity contribution in [3.05, 3.63) is 58.7 Å². The molecule has 0 unspecified atom stereocenters. The number of rotatable bonds is 7. The number of ether oxygens (including phenoxy) is 3. The lowest BCUT2D eigenvalue weighted by Crippen LogP contribution is -2.60. The summed E-state index contributed by atoms with van der Waals surface area (Å²) in [6.07, 6.45) is -6.76. The van der Waals surface area contributed by atoms with Gasteiger partial charge in [-0.1, -0.05) is 23.8 Å². The summed E-state index contributed by atoms with van der Waals surface area (Å²) in [4.78, 5) is 13.1. The molecule has 2 aromatic carbocycles. The number of hydrogen-bond acceptors (Lipinski definition) is 11. The molecule has 6 atom stereocenters. The van der Waals surface area contributed by atoms with Crippen LogP contribution < -0.4 is 9.47 Å². The molecule has 2 aliphatic rings. The van der Waals surface area contributed by atoms with Crippen molar-refractivity contribution >= 4 is 5.78 Å². The third-order valence-electron chi connectivity index (χ3n) is 6.49. The fourth-order valence-electron chi connectivity index (χ4n) is 4.32. The number of benzene rings is 2. The van der Waals surface area contributed by atoms with E-state index in [2.05, 4.69) is 0 Å². The number of phenolic OH excluding ortho intramolecular Hbond substituents is 2. The summed E-state index contributed by atoms with van der Waals surface area (Å²) in [6, 6.07) is 7.32. The molecule has 0 amide bonds. The van der Waals surface area contributed by atoms with Gasteiger partial charge in [-0.25, -0.2) is 0 Å². The van der Waals surface area contributed by atoms with Crippen LogP contribution >= 0.6 is 0 Å². The van der Waals surface area contributed by atoms with Crippen LogP contribution in [0.4, 0.5) is 0 Å². The van der Waals surface area contributed by atoms with Crippen molar-refractivity contribution in [3.63, 3.8) is 0 Å². The largest absolute Gasteiger partial charge is 0.508 e. The normalized spacial score (nSPS) is 27.9. The van der Waals surface area contributed by atoms with Gasteiger partial charge >= 0.3 is 0 Å². The number of carbonyl (C=O) groups excluding carboxylic acids is 1. The van der Waals surface area contributed by atoms with E-state index in [1.165, 1.54) is 18.2 Å². The van der Waals surface area contributed by atoms with E-state index >= 15 is 0 Å². The van der Waals surface area contributed by atoms with Crippen LogP contribution in [-0.2, 0) is 11.2 Å². The molecular formula is C26H30O11. The monoisotopic (exact) mass is 518 g/mol. The molecular weight excluding hydrogens is 488 g/mol. The molecule has 11 nitrogen and oxygen atoms in total. The zero-order valence-electron chi connectivity index (χ0n) is 20.0. The Morgan fingerprint density at radius 3 is 2.43 bits per heavy atom. The highest BCUT2D eigenvalue weighted by Gasteiger charge is 2.45. The SMILES string of the molecule is CC(=CCc1c(O[C@@H]2O[C@H](CO)[C@@H](O)[C@H](O)[C@H]2O)cc(O)c2c1O[C@H](c1ccc(O)cc1)CC2=O)CO. The molecule has 7 N–H and O–H groups in total. The van der Waals surface area contributed by atoms with Gasteiger partial charge in [0.1, 0.15) is 59.1 Å². The van der Waals surface area contributed by atoms with Crippen molar-refractivity contribution in [2.75, 3.05) is 13.2 Å². The highest BCUT2D eigenvalue weighted by molar-refractivity contribution is 6.03. The van der Waals surface area contributed by atoms with Gasteiger partial charge < -0.3 is 50.0 Å². The van der Waals surface area contributed by atoms with Crippen molar-refractivity contribution in [3.8, 4) is 23.0 Å². The van der Waals surface area contributed by atoms with Gasteiger partial charge in [0.25, 0.3) is 0 Å². The Morgan fingerprint density at radius 2 is 1.78 bits per heavy atom. The van der Waals surface area contributed by atoms with Gasteiger partial charge in [-0.3, -0.25) is 4.79 Å². The number of allylic oxidation sites excluding steroid dienone is 1. The number of aliphatic hydroxyl groups excluding tert-OH is 5. The fourth-order valence-corrected chi connectivity index (χ4v) is 4.32. The lowest BCUT2D eigenvalue weighted by Gasteiger charge is -2.40.